The first kappa shape index (κ1) is 20.8. The quantitative estimate of drug-likeness (QED) is 0.413. The SMILES string of the molecule is CC(C)Oc1cc(Oc2cccnc2)cnc1/N=C(N)\C=C/NCc1ccccn1. The van der Waals surface area contributed by atoms with Crippen molar-refractivity contribution in [1.82, 2.24) is 20.3 Å². The number of hydrogen-bond acceptors (Lipinski definition) is 7. The maximum Gasteiger partial charge on any atom is 0.197 e. The summed E-state index contributed by atoms with van der Waals surface area (Å²) >= 11 is 0. The number of ether oxygens (including phenoxy) is 2. The van der Waals surface area contributed by atoms with Crippen molar-refractivity contribution < 1.29 is 9.47 Å². The van der Waals surface area contributed by atoms with Crippen LogP contribution in [0.4, 0.5) is 5.82 Å². The summed E-state index contributed by atoms with van der Waals surface area (Å²) in [7, 11) is 0. The summed E-state index contributed by atoms with van der Waals surface area (Å²) in [5.74, 6) is 2.25. The van der Waals surface area contributed by atoms with Gasteiger partial charge < -0.3 is 20.5 Å². The second kappa shape index (κ2) is 10.6. The van der Waals surface area contributed by atoms with Crippen molar-refractivity contribution in [3.05, 3.63) is 79.2 Å². The van der Waals surface area contributed by atoms with Crippen LogP contribution < -0.4 is 20.5 Å². The third-order valence-electron chi connectivity index (χ3n) is 3.66. The number of aromatic nitrogens is 3. The van der Waals surface area contributed by atoms with E-state index in [0.717, 1.165) is 5.69 Å². The van der Waals surface area contributed by atoms with E-state index in [-0.39, 0.29) is 11.9 Å². The van der Waals surface area contributed by atoms with Crippen LogP contribution in [0, 0.1) is 0 Å². The zero-order valence-electron chi connectivity index (χ0n) is 16.9. The second-order valence-electron chi connectivity index (χ2n) is 6.52. The minimum atomic E-state index is -0.0637. The zero-order valence-corrected chi connectivity index (χ0v) is 16.9. The van der Waals surface area contributed by atoms with Gasteiger partial charge in [0.25, 0.3) is 0 Å². The number of aliphatic imine (C=N–C) groups is 1. The molecule has 0 unspecified atom stereocenters. The number of hydrogen-bond donors (Lipinski definition) is 2. The van der Waals surface area contributed by atoms with Gasteiger partial charge in [0, 0.05) is 24.7 Å². The Kier molecular flexibility index (Phi) is 7.32. The Labute approximate surface area is 175 Å². The summed E-state index contributed by atoms with van der Waals surface area (Å²) in [6.45, 7) is 4.44. The van der Waals surface area contributed by atoms with E-state index in [1.807, 2.05) is 38.1 Å². The predicted molar refractivity (Wildman–Crippen MR) is 116 cm³/mol. The van der Waals surface area contributed by atoms with Gasteiger partial charge in [-0.05, 0) is 44.2 Å². The van der Waals surface area contributed by atoms with E-state index >= 15 is 0 Å². The Morgan fingerprint density at radius 2 is 2.03 bits per heavy atom. The van der Waals surface area contributed by atoms with E-state index in [4.69, 9.17) is 15.2 Å². The molecule has 0 amide bonds. The minimum Gasteiger partial charge on any atom is -0.487 e. The molecule has 154 valence electrons. The van der Waals surface area contributed by atoms with Gasteiger partial charge in [-0.25, -0.2) is 9.98 Å². The molecular formula is C22H24N6O2. The number of nitrogens with two attached hydrogens (primary N) is 1. The van der Waals surface area contributed by atoms with Gasteiger partial charge in [0.15, 0.2) is 11.6 Å². The van der Waals surface area contributed by atoms with Crippen molar-refractivity contribution in [1.29, 1.82) is 0 Å². The van der Waals surface area contributed by atoms with Crippen LogP contribution in [0.5, 0.6) is 17.2 Å². The summed E-state index contributed by atoms with van der Waals surface area (Å²) in [5.41, 5.74) is 6.95. The molecule has 3 heterocycles. The predicted octanol–water partition coefficient (Wildman–Crippen LogP) is 3.74. The van der Waals surface area contributed by atoms with Crippen molar-refractivity contribution in [2.24, 2.45) is 10.7 Å². The number of nitrogens with one attached hydrogen (secondary N) is 1. The maximum absolute atomic E-state index is 6.02. The molecule has 0 aliphatic carbocycles. The molecule has 3 aromatic heterocycles. The van der Waals surface area contributed by atoms with E-state index in [1.54, 1.807) is 49.2 Å². The molecule has 0 aliphatic rings. The molecule has 0 saturated carbocycles. The summed E-state index contributed by atoms with van der Waals surface area (Å²) in [5, 5.41) is 3.12. The monoisotopic (exact) mass is 404 g/mol. The van der Waals surface area contributed by atoms with E-state index in [9.17, 15) is 0 Å². The number of rotatable bonds is 9. The smallest absolute Gasteiger partial charge is 0.197 e. The molecule has 3 N–H and O–H groups in total. The highest BCUT2D eigenvalue weighted by Gasteiger charge is 2.10. The Morgan fingerprint density at radius 1 is 1.13 bits per heavy atom. The van der Waals surface area contributed by atoms with Crippen molar-refractivity contribution in [2.75, 3.05) is 0 Å². The van der Waals surface area contributed by atoms with Crippen LogP contribution in [0.2, 0.25) is 0 Å². The molecule has 30 heavy (non-hydrogen) atoms. The van der Waals surface area contributed by atoms with Crippen molar-refractivity contribution >= 4 is 11.7 Å². The van der Waals surface area contributed by atoms with Crippen LogP contribution in [0.15, 0.2) is 78.5 Å². The summed E-state index contributed by atoms with van der Waals surface area (Å²) < 4.78 is 11.6. The summed E-state index contributed by atoms with van der Waals surface area (Å²) in [6.07, 6.45) is 9.93. The zero-order chi connectivity index (χ0) is 21.2. The van der Waals surface area contributed by atoms with Crippen molar-refractivity contribution in [3.8, 4) is 17.2 Å². The van der Waals surface area contributed by atoms with Gasteiger partial charge in [-0.15, -0.1) is 0 Å². The average Bonchev–Trinajstić information content (AvgIpc) is 2.74. The van der Waals surface area contributed by atoms with E-state index in [1.165, 1.54) is 0 Å². The van der Waals surface area contributed by atoms with E-state index in [2.05, 4.69) is 25.3 Å². The normalized spacial score (nSPS) is 11.6. The molecule has 0 spiro atoms. The Bertz CT molecular complexity index is 991. The summed E-state index contributed by atoms with van der Waals surface area (Å²) in [4.78, 5) is 17.0. The standard InChI is InChI=1S/C22H24N6O2/c1-16(2)29-20-12-19(30-18-7-5-9-24-14-18)15-27-22(20)28-21(23)8-11-25-13-17-6-3-4-10-26-17/h3-12,14-16,25H,13H2,1-2H3,(H2,23,27,28)/b11-8-. The number of amidine groups is 1. The molecule has 0 aliphatic heterocycles. The highest BCUT2D eigenvalue weighted by molar-refractivity contribution is 5.93. The molecule has 0 bridgehead atoms. The summed E-state index contributed by atoms with van der Waals surface area (Å²) in [6, 6.07) is 11.1. The molecule has 0 saturated heterocycles. The molecular weight excluding hydrogens is 380 g/mol. The molecule has 3 rings (SSSR count). The van der Waals surface area contributed by atoms with Gasteiger partial charge in [-0.2, -0.15) is 0 Å². The highest BCUT2D eigenvalue weighted by Crippen LogP contribution is 2.32. The van der Waals surface area contributed by atoms with Crippen LogP contribution in [0.1, 0.15) is 19.5 Å². The first-order valence-electron chi connectivity index (χ1n) is 9.49. The fourth-order valence-electron chi connectivity index (χ4n) is 2.41. The molecule has 3 aromatic rings. The molecule has 8 nitrogen and oxygen atoms in total. The lowest BCUT2D eigenvalue weighted by Crippen LogP contribution is -2.12. The number of nitrogens with zero attached hydrogens (tertiary/aromatic N) is 4. The van der Waals surface area contributed by atoms with Gasteiger partial charge in [-0.1, -0.05) is 6.07 Å². The van der Waals surface area contributed by atoms with Crippen LogP contribution in [-0.4, -0.2) is 26.9 Å². The minimum absolute atomic E-state index is 0.0637. The molecule has 0 radical (unpaired) electrons. The van der Waals surface area contributed by atoms with Crippen molar-refractivity contribution in [2.45, 2.75) is 26.5 Å². The molecule has 8 heteroatoms. The second-order valence-corrected chi connectivity index (χ2v) is 6.52. The van der Waals surface area contributed by atoms with Crippen LogP contribution in [0.3, 0.4) is 0 Å². The van der Waals surface area contributed by atoms with Gasteiger partial charge >= 0.3 is 0 Å². The Morgan fingerprint density at radius 3 is 2.77 bits per heavy atom. The van der Waals surface area contributed by atoms with Crippen LogP contribution in [-0.2, 0) is 6.54 Å². The van der Waals surface area contributed by atoms with Crippen molar-refractivity contribution in [3.63, 3.8) is 0 Å². The third-order valence-corrected chi connectivity index (χ3v) is 3.66. The number of pyridine rings is 3. The fourth-order valence-corrected chi connectivity index (χ4v) is 2.41. The molecule has 0 atom stereocenters. The van der Waals surface area contributed by atoms with Gasteiger partial charge in [0.05, 0.1) is 30.7 Å². The highest BCUT2D eigenvalue weighted by atomic mass is 16.5. The van der Waals surface area contributed by atoms with Gasteiger partial charge in [-0.3, -0.25) is 9.97 Å². The molecule has 0 fully saturated rings. The fraction of sp³-hybridized carbons (Fsp3) is 0.182. The molecule has 0 aromatic carbocycles. The van der Waals surface area contributed by atoms with Gasteiger partial charge in [0.1, 0.15) is 17.3 Å². The largest absolute Gasteiger partial charge is 0.487 e. The Hall–Kier alpha value is -3.94. The average molecular weight is 404 g/mol. The maximum atomic E-state index is 6.02. The van der Waals surface area contributed by atoms with Crippen LogP contribution in [0.25, 0.3) is 0 Å². The van der Waals surface area contributed by atoms with Crippen LogP contribution >= 0.6 is 0 Å². The third kappa shape index (κ3) is 6.59. The van der Waals surface area contributed by atoms with E-state index < -0.39 is 0 Å². The first-order chi connectivity index (χ1) is 14.6. The lowest BCUT2D eigenvalue weighted by molar-refractivity contribution is 0.241. The lowest BCUT2D eigenvalue weighted by Gasteiger charge is -2.13. The van der Waals surface area contributed by atoms with Gasteiger partial charge in [0.2, 0.25) is 0 Å². The first-order valence-corrected chi connectivity index (χ1v) is 9.49. The topological polar surface area (TPSA) is 108 Å². The van der Waals surface area contributed by atoms with E-state index in [0.29, 0.717) is 29.6 Å². The lowest BCUT2D eigenvalue weighted by atomic mass is 10.3. The Balaban J connectivity index is 1.70.